The minimum Gasteiger partial charge on any atom is -0.458 e. The second-order valence-electron chi connectivity index (χ2n) is 20.4. The monoisotopic (exact) mass is 953 g/mol. The topological polar surface area (TPSA) is 291 Å². The predicted molar refractivity (Wildman–Crippen MR) is 236 cm³/mol. The van der Waals surface area contributed by atoms with Crippen molar-refractivity contribution >= 4 is 41.4 Å². The van der Waals surface area contributed by atoms with Crippen molar-refractivity contribution in [1.29, 1.82) is 0 Å². The summed E-state index contributed by atoms with van der Waals surface area (Å²) >= 11 is 0. The number of carbonyl (C=O) groups is 7. The van der Waals surface area contributed by atoms with Gasteiger partial charge in [-0.15, -0.1) is 0 Å². The van der Waals surface area contributed by atoms with Gasteiger partial charge in [0.25, 0.3) is 29.5 Å². The van der Waals surface area contributed by atoms with Crippen LogP contribution >= 0.6 is 0 Å². The van der Waals surface area contributed by atoms with Crippen molar-refractivity contribution < 1.29 is 68.8 Å². The average Bonchev–Trinajstić information content (AvgIpc) is 3.62. The first kappa shape index (κ1) is 53.9. The molecule has 0 aromatic heterocycles. The second kappa shape index (κ2) is 21.3. The molecule has 6 amide bonds. The number of ether oxygens (including phenoxy) is 2. The van der Waals surface area contributed by atoms with Gasteiger partial charge in [0, 0.05) is 26.1 Å². The van der Waals surface area contributed by atoms with E-state index in [1.807, 2.05) is 6.92 Å². The molecule has 5 fully saturated rings. The van der Waals surface area contributed by atoms with Crippen LogP contribution in [0.5, 0.6) is 0 Å². The Kier molecular flexibility index (Phi) is 17.1. The average molecular weight is 953 g/mol. The summed E-state index contributed by atoms with van der Waals surface area (Å²) in [6.45, 7) is 15.8. The standard InChI is InChI=1S/C45H76N8O14/c1-11-26(7)23-28-17-18-45(63,67-31(28)12-2)44(10,62)42(60)48-32-34(25(5)6)66-41(59)33(24(3)4)53(65)40(58)35-43(9,61)19-22-49(35)37(55)29-15-13-20-46-50(29)36(54)27(8)52(64)38(56)30-16-14-21-47-51(30)39(32)57/h24-35,46-47,61-65H,11-23H2,1-10H3,(H,48,60)/t26-,27-,28+,29+,30+,31+,32-,33-,34-,35+,43+,44-,45+/m0/s1. The van der Waals surface area contributed by atoms with Crippen molar-refractivity contribution in [2.75, 3.05) is 19.6 Å². The van der Waals surface area contributed by atoms with E-state index < -0.39 is 119 Å². The summed E-state index contributed by atoms with van der Waals surface area (Å²) in [4.78, 5) is 103. The lowest BCUT2D eigenvalue weighted by Gasteiger charge is -2.48. The molecule has 0 bridgehead atoms. The summed E-state index contributed by atoms with van der Waals surface area (Å²) in [5.74, 6) is -11.6. The molecule has 0 aliphatic carbocycles. The van der Waals surface area contributed by atoms with Crippen molar-refractivity contribution in [1.82, 2.24) is 41.2 Å². The Morgan fingerprint density at radius 3 is 1.97 bits per heavy atom. The summed E-state index contributed by atoms with van der Waals surface area (Å²) < 4.78 is 12.2. The molecule has 67 heavy (non-hydrogen) atoms. The zero-order valence-corrected chi connectivity index (χ0v) is 40.8. The number of aliphatic hydroxyl groups is 3. The molecule has 0 aromatic carbocycles. The van der Waals surface area contributed by atoms with Crippen molar-refractivity contribution in [3.05, 3.63) is 0 Å². The summed E-state index contributed by atoms with van der Waals surface area (Å²) in [6, 6.07) is -10.0. The van der Waals surface area contributed by atoms with E-state index in [0.29, 0.717) is 31.6 Å². The van der Waals surface area contributed by atoms with Gasteiger partial charge in [0.05, 0.1) is 11.7 Å². The fraction of sp³-hybridized carbons (Fsp3) is 0.844. The van der Waals surface area contributed by atoms with E-state index in [4.69, 9.17) is 9.47 Å². The Morgan fingerprint density at radius 1 is 0.836 bits per heavy atom. The molecule has 380 valence electrons. The first-order chi connectivity index (χ1) is 31.3. The molecule has 0 aromatic rings. The molecular formula is C45H76N8O14. The highest BCUT2D eigenvalue weighted by atomic mass is 16.6. The number of rotatable bonds is 9. The van der Waals surface area contributed by atoms with Crippen LogP contribution in [0.15, 0.2) is 0 Å². The molecule has 0 radical (unpaired) electrons. The maximum Gasteiger partial charge on any atom is 0.332 e. The van der Waals surface area contributed by atoms with Gasteiger partial charge in [0.15, 0.2) is 11.6 Å². The number of hydrazine groups is 2. The van der Waals surface area contributed by atoms with Gasteiger partial charge < -0.3 is 35.0 Å². The highest BCUT2D eigenvalue weighted by Gasteiger charge is 2.59. The maximum absolute atomic E-state index is 15.1. The van der Waals surface area contributed by atoms with Gasteiger partial charge in [-0.3, -0.25) is 49.2 Å². The number of fused-ring (bicyclic) bond motifs is 3. The first-order valence-electron chi connectivity index (χ1n) is 24.1. The van der Waals surface area contributed by atoms with Crippen LogP contribution in [0.3, 0.4) is 0 Å². The summed E-state index contributed by atoms with van der Waals surface area (Å²) in [6.07, 6.45) is 0.791. The van der Waals surface area contributed by atoms with Crippen molar-refractivity contribution in [3.8, 4) is 0 Å². The molecule has 0 saturated carbocycles. The molecule has 13 atom stereocenters. The fourth-order valence-corrected chi connectivity index (χ4v) is 10.1. The van der Waals surface area contributed by atoms with E-state index >= 15 is 4.79 Å². The maximum atomic E-state index is 15.1. The Bertz CT molecular complexity index is 1850. The number of nitrogens with one attached hydrogen (secondary N) is 3. The van der Waals surface area contributed by atoms with Crippen LogP contribution in [0.4, 0.5) is 0 Å². The van der Waals surface area contributed by atoms with Gasteiger partial charge in [0.1, 0.15) is 36.3 Å². The predicted octanol–water partition coefficient (Wildman–Crippen LogP) is 0.325. The fourth-order valence-electron chi connectivity index (χ4n) is 10.1. The van der Waals surface area contributed by atoms with Crippen molar-refractivity contribution in [2.45, 2.75) is 199 Å². The number of hydroxylamine groups is 4. The number of cyclic esters (lactones) is 1. The SMILES string of the molecule is CC[C@H](C)C[C@H]1CC[C@](O)([C@@](C)(O)C(=O)N[C@@H]2C(=O)N3NCCC[C@@H]3C(=O)N(O)[C@@H](C)C(=O)N3NCCC[C@@H]3C(=O)N3CC[C@@](C)(O)[C@H]3C(=O)N(O)[C@@H](C(C)C)C(=O)O[C@H]2C(C)C)O[C@@H]1CC. The molecule has 5 rings (SSSR count). The lowest BCUT2D eigenvalue weighted by atomic mass is 9.78. The number of amides is 6. The normalized spacial score (nSPS) is 35.9. The third kappa shape index (κ3) is 10.8. The number of carbonyl (C=O) groups excluding carboxylic acids is 7. The summed E-state index contributed by atoms with van der Waals surface area (Å²) in [7, 11) is 0. The van der Waals surface area contributed by atoms with E-state index in [1.54, 1.807) is 13.8 Å². The summed E-state index contributed by atoms with van der Waals surface area (Å²) in [5.41, 5.74) is 1.02. The Hall–Kier alpha value is -4.03. The molecule has 5 aliphatic rings. The minimum absolute atomic E-state index is 0.0213. The summed E-state index contributed by atoms with van der Waals surface area (Å²) in [5, 5.41) is 63.5. The smallest absolute Gasteiger partial charge is 0.332 e. The Morgan fingerprint density at radius 2 is 1.42 bits per heavy atom. The highest BCUT2D eigenvalue weighted by molar-refractivity contribution is 5.98. The molecule has 22 nitrogen and oxygen atoms in total. The van der Waals surface area contributed by atoms with Gasteiger partial charge in [0.2, 0.25) is 11.7 Å². The molecule has 22 heteroatoms. The van der Waals surface area contributed by atoms with Gasteiger partial charge in [-0.1, -0.05) is 54.9 Å². The van der Waals surface area contributed by atoms with Crippen molar-refractivity contribution in [3.63, 3.8) is 0 Å². The van der Waals surface area contributed by atoms with Crippen LogP contribution < -0.4 is 16.2 Å². The number of nitrogens with zero attached hydrogens (tertiary/aromatic N) is 5. The van der Waals surface area contributed by atoms with Crippen LogP contribution in [-0.4, -0.2) is 177 Å². The molecule has 5 heterocycles. The largest absolute Gasteiger partial charge is 0.458 e. The van der Waals surface area contributed by atoms with Crippen molar-refractivity contribution in [2.24, 2.45) is 23.7 Å². The number of hydrogen-bond donors (Lipinski definition) is 8. The first-order valence-corrected chi connectivity index (χ1v) is 24.1. The van der Waals surface area contributed by atoms with Crippen LogP contribution in [0, 0.1) is 23.7 Å². The molecule has 8 N–H and O–H groups in total. The highest BCUT2D eigenvalue weighted by Crippen LogP contribution is 2.42. The third-order valence-corrected chi connectivity index (χ3v) is 14.7. The van der Waals surface area contributed by atoms with Crippen LogP contribution in [-0.2, 0) is 43.0 Å². The lowest BCUT2D eigenvalue weighted by molar-refractivity contribution is -0.329. The third-order valence-electron chi connectivity index (χ3n) is 14.7. The molecule has 5 saturated heterocycles. The lowest BCUT2D eigenvalue weighted by Crippen LogP contribution is -2.70. The quantitative estimate of drug-likeness (QED) is 0.114. The van der Waals surface area contributed by atoms with E-state index in [0.717, 1.165) is 34.7 Å². The Labute approximate surface area is 392 Å². The molecule has 5 aliphatic heterocycles. The van der Waals surface area contributed by atoms with Crippen LogP contribution in [0.1, 0.15) is 133 Å². The van der Waals surface area contributed by atoms with Crippen LogP contribution in [0.2, 0.25) is 0 Å². The zero-order chi connectivity index (χ0) is 50.1. The molecule has 0 unspecified atom stereocenters. The van der Waals surface area contributed by atoms with E-state index in [-0.39, 0.29) is 61.4 Å². The van der Waals surface area contributed by atoms with Gasteiger partial charge in [-0.2, -0.15) is 0 Å². The molecule has 0 spiro atoms. The second-order valence-corrected chi connectivity index (χ2v) is 20.4. The van der Waals surface area contributed by atoms with Gasteiger partial charge in [-0.05, 0) is 95.8 Å². The van der Waals surface area contributed by atoms with Gasteiger partial charge in [-0.25, -0.2) is 25.8 Å². The Balaban J connectivity index is 1.62. The zero-order valence-electron chi connectivity index (χ0n) is 40.8. The van der Waals surface area contributed by atoms with Crippen LogP contribution in [0.25, 0.3) is 0 Å². The molecular weight excluding hydrogens is 877 g/mol. The number of hydrogen-bond acceptors (Lipinski definition) is 16. The van der Waals surface area contributed by atoms with E-state index in [9.17, 15) is 54.5 Å². The number of esters is 1. The van der Waals surface area contributed by atoms with Gasteiger partial charge >= 0.3 is 5.97 Å². The minimum atomic E-state index is -2.74. The van der Waals surface area contributed by atoms with E-state index in [1.165, 1.54) is 27.7 Å². The van der Waals surface area contributed by atoms with E-state index in [2.05, 4.69) is 30.0 Å².